The quantitative estimate of drug-likeness (QED) is 0.0974. The second-order valence-electron chi connectivity index (χ2n) is 12.7. The van der Waals surface area contributed by atoms with Crippen LogP contribution in [0.1, 0.15) is 104 Å². The summed E-state index contributed by atoms with van der Waals surface area (Å²) in [5, 5.41) is 0. The fourth-order valence-corrected chi connectivity index (χ4v) is 5.04. The predicted octanol–water partition coefficient (Wildman–Crippen LogP) is 9.14. The van der Waals surface area contributed by atoms with Crippen LogP contribution in [0.2, 0.25) is 0 Å². The third kappa shape index (κ3) is 15.6. The second kappa shape index (κ2) is 19.3. The van der Waals surface area contributed by atoms with Gasteiger partial charge in [0.25, 0.3) is 0 Å². The third-order valence-electron chi connectivity index (χ3n) is 7.92. The zero-order chi connectivity index (χ0) is 30.0. The molecule has 0 bridgehead atoms. The maximum Gasteiger partial charge on any atom is 0.372 e. The first-order valence-electron chi connectivity index (χ1n) is 15.9. The Morgan fingerprint density at radius 1 is 0.805 bits per heavy atom. The highest BCUT2D eigenvalue weighted by molar-refractivity contribution is 5.70. The van der Waals surface area contributed by atoms with Crippen LogP contribution in [-0.2, 0) is 16.1 Å². The lowest BCUT2D eigenvalue weighted by atomic mass is 9.91. The monoisotopic (exact) mass is 561 g/mol. The molecule has 0 amide bonds. The van der Waals surface area contributed by atoms with Crippen LogP contribution in [-0.4, -0.2) is 26.7 Å². The number of anilines is 1. The van der Waals surface area contributed by atoms with Gasteiger partial charge in [0, 0.05) is 31.9 Å². The van der Waals surface area contributed by atoms with E-state index >= 15 is 0 Å². The van der Waals surface area contributed by atoms with Gasteiger partial charge in [-0.15, -0.1) is 0 Å². The maximum atomic E-state index is 12.3. The molecule has 0 spiro atoms. The molecule has 41 heavy (non-hydrogen) atoms. The minimum Gasteiger partial charge on any atom is -0.457 e. The van der Waals surface area contributed by atoms with E-state index in [4.69, 9.17) is 4.74 Å². The van der Waals surface area contributed by atoms with Crippen LogP contribution in [0.25, 0.3) is 12.2 Å². The molecule has 1 heterocycles. The van der Waals surface area contributed by atoms with Crippen LogP contribution in [0.15, 0.2) is 60.4 Å². The van der Waals surface area contributed by atoms with E-state index in [2.05, 4.69) is 82.0 Å². The number of aromatic nitrogens is 1. The van der Waals surface area contributed by atoms with Crippen LogP contribution < -0.4 is 9.47 Å². The zero-order valence-corrected chi connectivity index (χ0v) is 27.1. The highest BCUT2D eigenvalue weighted by Crippen LogP contribution is 2.22. The normalized spacial score (nSPS) is 13.5. The summed E-state index contributed by atoms with van der Waals surface area (Å²) >= 11 is 0. The molecule has 2 rings (SSSR count). The summed E-state index contributed by atoms with van der Waals surface area (Å²) in [6, 6.07) is 12.5. The molecule has 0 radical (unpaired) electrons. The standard InChI is InChI=1S/C37H57N2O2/c1-30(2)11-8-12-31(3)13-9-14-32(4)15-10-16-33(5)25-28-41-37(40)29-39-26-23-35(24-27-39)18-17-34-19-21-36(22-20-34)38(6)7/h17-27,30-32H,8-16,28-29H2,1-7H3/q+1/b33-25+. The summed E-state index contributed by atoms with van der Waals surface area (Å²) in [7, 11) is 4.08. The van der Waals surface area contributed by atoms with E-state index in [0.29, 0.717) is 6.61 Å². The van der Waals surface area contributed by atoms with Crippen molar-refractivity contribution >= 4 is 23.8 Å². The Labute approximate surface area is 251 Å². The van der Waals surface area contributed by atoms with E-state index < -0.39 is 0 Å². The van der Waals surface area contributed by atoms with Crippen molar-refractivity contribution in [1.29, 1.82) is 0 Å². The molecular weight excluding hydrogens is 504 g/mol. The molecule has 0 aliphatic carbocycles. The van der Waals surface area contributed by atoms with Crippen molar-refractivity contribution in [3.05, 3.63) is 71.6 Å². The van der Waals surface area contributed by atoms with E-state index in [1.54, 1.807) is 0 Å². The number of nitrogens with zero attached hydrogens (tertiary/aromatic N) is 2. The summed E-state index contributed by atoms with van der Waals surface area (Å²) in [4.78, 5) is 14.4. The van der Waals surface area contributed by atoms with Gasteiger partial charge in [-0.3, -0.25) is 0 Å². The minimum atomic E-state index is -0.213. The molecule has 0 fully saturated rings. The van der Waals surface area contributed by atoms with E-state index in [-0.39, 0.29) is 12.5 Å². The number of rotatable bonds is 19. The van der Waals surface area contributed by atoms with Gasteiger partial charge in [0.2, 0.25) is 6.54 Å². The third-order valence-corrected chi connectivity index (χ3v) is 7.92. The lowest BCUT2D eigenvalue weighted by Gasteiger charge is -2.15. The number of allylic oxidation sites excluding steroid dienone is 1. The Hall–Kier alpha value is -2.88. The molecule has 1 aromatic carbocycles. The van der Waals surface area contributed by atoms with Crippen molar-refractivity contribution in [3.8, 4) is 0 Å². The van der Waals surface area contributed by atoms with Gasteiger partial charge in [-0.05, 0) is 66.9 Å². The Morgan fingerprint density at radius 2 is 1.34 bits per heavy atom. The highest BCUT2D eigenvalue weighted by Gasteiger charge is 2.10. The van der Waals surface area contributed by atoms with Crippen molar-refractivity contribution in [2.75, 3.05) is 25.6 Å². The fourth-order valence-electron chi connectivity index (χ4n) is 5.04. The Balaban J connectivity index is 1.60. The molecule has 4 nitrogen and oxygen atoms in total. The summed E-state index contributed by atoms with van der Waals surface area (Å²) in [5.74, 6) is 2.28. The lowest BCUT2D eigenvalue weighted by molar-refractivity contribution is -0.686. The number of carbonyl (C=O) groups excluding carboxylic acids is 1. The van der Waals surface area contributed by atoms with Crippen molar-refractivity contribution < 1.29 is 14.1 Å². The minimum absolute atomic E-state index is 0.213. The maximum absolute atomic E-state index is 12.3. The SMILES string of the molecule is C/C(=C\COC(=O)C[n+]1ccc(/C=C/c2ccc(N(C)C)cc2)cc1)CCCC(C)CCCC(C)CCCC(C)C. The molecule has 0 aliphatic heterocycles. The summed E-state index contributed by atoms with van der Waals surface area (Å²) < 4.78 is 7.33. The van der Waals surface area contributed by atoms with E-state index in [1.807, 2.05) is 43.2 Å². The molecule has 0 N–H and O–H groups in total. The molecule has 226 valence electrons. The van der Waals surface area contributed by atoms with Crippen molar-refractivity contribution in [2.24, 2.45) is 17.8 Å². The first kappa shape index (κ1) is 34.3. The van der Waals surface area contributed by atoms with Gasteiger partial charge < -0.3 is 9.64 Å². The largest absolute Gasteiger partial charge is 0.457 e. The first-order valence-corrected chi connectivity index (χ1v) is 15.9. The van der Waals surface area contributed by atoms with Crippen LogP contribution in [0.3, 0.4) is 0 Å². The predicted molar refractivity (Wildman–Crippen MR) is 176 cm³/mol. The number of esters is 1. The Kier molecular flexibility index (Phi) is 16.1. The lowest BCUT2D eigenvalue weighted by Crippen LogP contribution is -2.37. The smallest absolute Gasteiger partial charge is 0.372 e. The topological polar surface area (TPSA) is 33.4 Å². The number of carbonyl (C=O) groups is 1. The van der Waals surface area contributed by atoms with Crippen LogP contribution in [0.5, 0.6) is 0 Å². The van der Waals surface area contributed by atoms with Crippen LogP contribution >= 0.6 is 0 Å². The Morgan fingerprint density at radius 3 is 1.90 bits per heavy atom. The van der Waals surface area contributed by atoms with Gasteiger partial charge >= 0.3 is 5.97 Å². The molecule has 0 saturated heterocycles. The summed E-state index contributed by atoms with van der Waals surface area (Å²) in [6.45, 7) is 12.2. The average Bonchev–Trinajstić information content (AvgIpc) is 2.92. The molecule has 2 aromatic rings. The molecule has 2 atom stereocenters. The van der Waals surface area contributed by atoms with E-state index in [0.717, 1.165) is 35.3 Å². The van der Waals surface area contributed by atoms with Gasteiger partial charge in [-0.2, -0.15) is 4.57 Å². The van der Waals surface area contributed by atoms with E-state index in [1.165, 1.54) is 62.6 Å². The molecule has 4 heteroatoms. The second-order valence-corrected chi connectivity index (χ2v) is 12.7. The van der Waals surface area contributed by atoms with Crippen LogP contribution in [0, 0.1) is 17.8 Å². The number of pyridine rings is 1. The summed E-state index contributed by atoms with van der Waals surface area (Å²) in [5.41, 5.74) is 4.74. The molecule has 1 aromatic heterocycles. The number of ether oxygens (including phenoxy) is 1. The average molecular weight is 562 g/mol. The number of hydrogen-bond acceptors (Lipinski definition) is 3. The first-order chi connectivity index (χ1) is 19.6. The van der Waals surface area contributed by atoms with Gasteiger partial charge in [0.15, 0.2) is 12.4 Å². The summed E-state index contributed by atoms with van der Waals surface area (Å²) in [6.07, 6.45) is 21.9. The highest BCUT2D eigenvalue weighted by atomic mass is 16.5. The fraction of sp³-hybridized carbons (Fsp3) is 0.568. The Bertz CT molecular complexity index is 1050. The van der Waals surface area contributed by atoms with Gasteiger partial charge in [0.05, 0.1) is 0 Å². The number of hydrogen-bond donors (Lipinski definition) is 0. The molecule has 0 aliphatic rings. The van der Waals surface area contributed by atoms with Gasteiger partial charge in [-0.1, -0.05) is 102 Å². The molecule has 2 unspecified atom stereocenters. The van der Waals surface area contributed by atoms with Crippen LogP contribution in [0.4, 0.5) is 5.69 Å². The van der Waals surface area contributed by atoms with E-state index in [9.17, 15) is 4.79 Å². The zero-order valence-electron chi connectivity index (χ0n) is 27.1. The molecule has 0 saturated carbocycles. The molecular formula is C37H57N2O2+. The van der Waals surface area contributed by atoms with Gasteiger partial charge in [0.1, 0.15) is 6.61 Å². The van der Waals surface area contributed by atoms with Gasteiger partial charge in [-0.25, -0.2) is 4.79 Å². The van der Waals surface area contributed by atoms with Crippen molar-refractivity contribution in [2.45, 2.75) is 99.0 Å². The van der Waals surface area contributed by atoms with Crippen molar-refractivity contribution in [3.63, 3.8) is 0 Å². The van der Waals surface area contributed by atoms with Crippen molar-refractivity contribution in [1.82, 2.24) is 0 Å². The number of benzene rings is 1.